The van der Waals surface area contributed by atoms with Crippen molar-refractivity contribution in [1.29, 1.82) is 0 Å². The summed E-state index contributed by atoms with van der Waals surface area (Å²) in [4.78, 5) is 39.8. The zero-order chi connectivity index (χ0) is 21.3. The second kappa shape index (κ2) is 8.11. The molecule has 1 saturated heterocycles. The molecule has 1 aliphatic heterocycles. The normalized spacial score (nSPS) is 19.6. The summed E-state index contributed by atoms with van der Waals surface area (Å²) in [7, 11) is 0. The summed E-state index contributed by atoms with van der Waals surface area (Å²) in [5.41, 5.74) is 0.862. The van der Waals surface area contributed by atoms with Gasteiger partial charge < -0.3 is 10.6 Å². The Hall–Kier alpha value is -2.86. The fraction of sp³-hybridized carbons (Fsp3) is 0.348. The number of hydrogen-bond donors (Lipinski definition) is 2. The van der Waals surface area contributed by atoms with Crippen molar-refractivity contribution in [3.05, 3.63) is 70.7 Å². The van der Waals surface area contributed by atoms with Crippen LogP contribution in [0.3, 0.4) is 0 Å². The largest absolute Gasteiger partial charge is 0.343 e. The van der Waals surface area contributed by atoms with Crippen LogP contribution in [0.4, 0.5) is 4.79 Å². The molecule has 1 spiro atoms. The number of urea groups is 1. The lowest BCUT2D eigenvalue weighted by Gasteiger charge is -2.26. The summed E-state index contributed by atoms with van der Waals surface area (Å²) >= 11 is 6.17. The van der Waals surface area contributed by atoms with Gasteiger partial charge in [-0.3, -0.25) is 9.59 Å². The van der Waals surface area contributed by atoms with Crippen LogP contribution in [0, 0.1) is 0 Å². The molecule has 6 nitrogen and oxygen atoms in total. The van der Waals surface area contributed by atoms with E-state index in [1.165, 1.54) is 0 Å². The number of nitrogens with zero attached hydrogens (tertiary/aromatic N) is 1. The van der Waals surface area contributed by atoms with Crippen LogP contribution in [0.2, 0.25) is 5.02 Å². The molecule has 1 heterocycles. The summed E-state index contributed by atoms with van der Waals surface area (Å²) in [6.45, 7) is 1.58. The molecule has 4 amide bonds. The molecule has 2 N–H and O–H groups in total. The fourth-order valence-electron chi connectivity index (χ4n) is 4.38. The van der Waals surface area contributed by atoms with Gasteiger partial charge in [-0.1, -0.05) is 66.9 Å². The van der Waals surface area contributed by atoms with E-state index >= 15 is 0 Å². The van der Waals surface area contributed by atoms with E-state index in [1.54, 1.807) is 19.1 Å². The first-order valence-electron chi connectivity index (χ1n) is 10.2. The molecule has 156 valence electrons. The second-order valence-corrected chi connectivity index (χ2v) is 8.41. The van der Waals surface area contributed by atoms with Crippen LogP contribution in [0.1, 0.15) is 49.8 Å². The van der Waals surface area contributed by atoms with E-state index in [0.29, 0.717) is 17.9 Å². The van der Waals surface area contributed by atoms with Gasteiger partial charge in [-0.25, -0.2) is 9.69 Å². The summed E-state index contributed by atoms with van der Waals surface area (Å²) < 4.78 is 0. The molecule has 2 aromatic carbocycles. The average molecular weight is 426 g/mol. The van der Waals surface area contributed by atoms with Crippen LogP contribution in [0.15, 0.2) is 54.6 Å². The summed E-state index contributed by atoms with van der Waals surface area (Å²) in [6.07, 6.45) is 3.03. The lowest BCUT2D eigenvalue weighted by molar-refractivity contribution is -0.138. The quantitative estimate of drug-likeness (QED) is 0.715. The zero-order valence-corrected chi connectivity index (χ0v) is 17.5. The number of hydrogen-bond acceptors (Lipinski definition) is 3. The van der Waals surface area contributed by atoms with Gasteiger partial charge in [0.2, 0.25) is 5.91 Å². The molecule has 30 heavy (non-hydrogen) atoms. The molecular weight excluding hydrogens is 402 g/mol. The van der Waals surface area contributed by atoms with E-state index in [4.69, 9.17) is 11.6 Å². The third-order valence-corrected chi connectivity index (χ3v) is 6.25. The van der Waals surface area contributed by atoms with Gasteiger partial charge in [0.25, 0.3) is 5.91 Å². The van der Waals surface area contributed by atoms with Crippen LogP contribution in [0.5, 0.6) is 0 Å². The highest BCUT2D eigenvalue weighted by atomic mass is 35.5. The number of halogens is 1. The molecule has 2 aliphatic rings. The summed E-state index contributed by atoms with van der Waals surface area (Å²) in [5, 5.41) is 6.39. The lowest BCUT2D eigenvalue weighted by atomic mass is 9.97. The molecular formula is C23H24ClN3O3. The number of imide groups is 1. The molecule has 2 atom stereocenters. The zero-order valence-electron chi connectivity index (χ0n) is 16.7. The Morgan fingerprint density at radius 1 is 1.07 bits per heavy atom. The number of rotatable bonds is 5. The molecule has 2 fully saturated rings. The average Bonchev–Trinajstić information content (AvgIpc) is 3.30. The Labute approximate surface area is 180 Å². The first kappa shape index (κ1) is 20.4. The molecule has 1 aliphatic carbocycles. The van der Waals surface area contributed by atoms with Crippen molar-refractivity contribution in [3.63, 3.8) is 0 Å². The first-order valence-corrected chi connectivity index (χ1v) is 10.6. The molecule has 2 unspecified atom stereocenters. The van der Waals surface area contributed by atoms with Crippen LogP contribution in [-0.4, -0.2) is 34.3 Å². The Morgan fingerprint density at radius 3 is 2.40 bits per heavy atom. The van der Waals surface area contributed by atoms with Gasteiger partial charge in [-0.05, 0) is 43.0 Å². The van der Waals surface area contributed by atoms with Gasteiger partial charge >= 0.3 is 6.03 Å². The predicted octanol–water partition coefficient (Wildman–Crippen LogP) is 3.80. The molecule has 7 heteroatoms. The number of nitrogens with one attached hydrogen (secondary N) is 2. The minimum Gasteiger partial charge on any atom is -0.343 e. The second-order valence-electron chi connectivity index (χ2n) is 7.98. The lowest BCUT2D eigenvalue weighted by Crippen LogP contribution is -2.50. The third-order valence-electron chi connectivity index (χ3n) is 6.02. The minimum absolute atomic E-state index is 0.299. The maximum Gasteiger partial charge on any atom is 0.325 e. The summed E-state index contributed by atoms with van der Waals surface area (Å²) in [6, 6.07) is 14.9. The van der Waals surface area contributed by atoms with Gasteiger partial charge in [0, 0.05) is 5.02 Å². The maximum atomic E-state index is 13.1. The van der Waals surface area contributed by atoms with Crippen molar-refractivity contribution in [2.24, 2.45) is 0 Å². The summed E-state index contributed by atoms with van der Waals surface area (Å²) in [5.74, 6) is -0.700. The van der Waals surface area contributed by atoms with E-state index in [1.807, 2.05) is 42.5 Å². The van der Waals surface area contributed by atoms with E-state index in [0.717, 1.165) is 28.9 Å². The van der Waals surface area contributed by atoms with Crippen LogP contribution in [0.25, 0.3) is 0 Å². The van der Waals surface area contributed by atoms with Gasteiger partial charge in [-0.15, -0.1) is 0 Å². The highest BCUT2D eigenvalue weighted by molar-refractivity contribution is 6.30. The fourth-order valence-corrected chi connectivity index (χ4v) is 4.58. The van der Waals surface area contributed by atoms with E-state index in [2.05, 4.69) is 10.6 Å². The number of carbonyl (C=O) groups is 3. The van der Waals surface area contributed by atoms with Crippen molar-refractivity contribution < 1.29 is 14.4 Å². The van der Waals surface area contributed by atoms with Crippen molar-refractivity contribution in [2.45, 2.75) is 50.2 Å². The van der Waals surface area contributed by atoms with Gasteiger partial charge in [0.1, 0.15) is 11.6 Å². The van der Waals surface area contributed by atoms with Gasteiger partial charge in [0.05, 0.1) is 6.04 Å². The minimum atomic E-state index is -0.928. The first-order chi connectivity index (χ1) is 14.4. The van der Waals surface area contributed by atoms with Crippen molar-refractivity contribution >= 4 is 29.4 Å². The topological polar surface area (TPSA) is 78.5 Å². The predicted molar refractivity (Wildman–Crippen MR) is 114 cm³/mol. The SMILES string of the molecule is CC(C(=O)NC(c1ccccc1)c1cccc(Cl)c1)N1C(=O)NC2(CCCC2)C1=O. The third kappa shape index (κ3) is 3.67. The highest BCUT2D eigenvalue weighted by Crippen LogP contribution is 2.36. The number of benzene rings is 2. The molecule has 0 aromatic heterocycles. The smallest absolute Gasteiger partial charge is 0.325 e. The van der Waals surface area contributed by atoms with Crippen LogP contribution in [-0.2, 0) is 9.59 Å². The van der Waals surface area contributed by atoms with Gasteiger partial charge in [-0.2, -0.15) is 0 Å². The number of amides is 4. The Balaban J connectivity index is 1.58. The Bertz CT molecular complexity index is 973. The molecule has 4 rings (SSSR count). The van der Waals surface area contributed by atoms with Crippen molar-refractivity contribution in [3.8, 4) is 0 Å². The standard InChI is InChI=1S/C23H24ClN3O3/c1-15(27-21(29)23(26-22(27)30)12-5-6-13-23)20(28)25-19(16-8-3-2-4-9-16)17-10-7-11-18(24)14-17/h2-4,7-11,14-15,19H,5-6,12-13H2,1H3,(H,25,28)(H,26,30). The van der Waals surface area contributed by atoms with E-state index in [9.17, 15) is 14.4 Å². The Kier molecular flexibility index (Phi) is 5.52. The maximum absolute atomic E-state index is 13.1. The Morgan fingerprint density at radius 2 is 1.73 bits per heavy atom. The number of carbonyl (C=O) groups excluding carboxylic acids is 3. The monoisotopic (exact) mass is 425 g/mol. The highest BCUT2D eigenvalue weighted by Gasteiger charge is 2.54. The molecule has 1 saturated carbocycles. The van der Waals surface area contributed by atoms with E-state index in [-0.39, 0.29) is 5.91 Å². The molecule has 0 bridgehead atoms. The van der Waals surface area contributed by atoms with E-state index < -0.39 is 29.6 Å². The van der Waals surface area contributed by atoms with Crippen molar-refractivity contribution in [1.82, 2.24) is 15.5 Å². The molecule has 0 radical (unpaired) electrons. The van der Waals surface area contributed by atoms with Crippen molar-refractivity contribution in [2.75, 3.05) is 0 Å². The van der Waals surface area contributed by atoms with Gasteiger partial charge in [0.15, 0.2) is 0 Å². The molecule has 2 aromatic rings. The van der Waals surface area contributed by atoms with Crippen LogP contribution < -0.4 is 10.6 Å². The van der Waals surface area contributed by atoms with Crippen LogP contribution >= 0.6 is 11.6 Å².